The number of nitrogens with one attached hydrogen (secondary N) is 1. The van der Waals surface area contributed by atoms with Gasteiger partial charge in [0.2, 0.25) is 0 Å². The molecule has 1 aromatic heterocycles. The molecule has 0 fully saturated rings. The molecule has 2 rings (SSSR count). The fourth-order valence-corrected chi connectivity index (χ4v) is 2.23. The normalized spacial score (nSPS) is 11.3. The molecule has 0 aliphatic rings. The molecule has 1 aromatic carbocycles. The van der Waals surface area contributed by atoms with Gasteiger partial charge in [0.25, 0.3) is 0 Å². The van der Waals surface area contributed by atoms with Gasteiger partial charge >= 0.3 is 0 Å². The Kier molecular flexibility index (Phi) is 5.39. The molecule has 0 saturated heterocycles. The van der Waals surface area contributed by atoms with Gasteiger partial charge in [-0.25, -0.2) is 0 Å². The molecule has 0 radical (unpaired) electrons. The van der Waals surface area contributed by atoms with Gasteiger partial charge < -0.3 is 19.4 Å². The Morgan fingerprint density at radius 2 is 2.05 bits per heavy atom. The fourth-order valence-electron chi connectivity index (χ4n) is 2.23. The number of rotatable bonds is 8. The first-order valence-electron chi connectivity index (χ1n) is 6.65. The van der Waals surface area contributed by atoms with Gasteiger partial charge in [-0.15, -0.1) is 0 Å². The Bertz CT molecular complexity index is 508. The van der Waals surface area contributed by atoms with Gasteiger partial charge in [0.05, 0.1) is 19.8 Å². The van der Waals surface area contributed by atoms with Crippen molar-refractivity contribution in [3.8, 4) is 0 Å². The molecule has 0 aliphatic heterocycles. The van der Waals surface area contributed by atoms with Crippen LogP contribution in [-0.2, 0) is 22.6 Å². The maximum absolute atomic E-state index is 5.52. The third-order valence-corrected chi connectivity index (χ3v) is 3.18. The summed E-state index contributed by atoms with van der Waals surface area (Å²) < 4.78 is 12.7. The van der Waals surface area contributed by atoms with E-state index in [1.54, 1.807) is 7.11 Å². The molecular formula is C15H22N2O2. The average molecular weight is 262 g/mol. The van der Waals surface area contributed by atoms with Crippen LogP contribution in [0.15, 0.2) is 30.5 Å². The smallest absolute Gasteiger partial charge is 0.0701 e. The molecule has 2 aromatic rings. The van der Waals surface area contributed by atoms with E-state index >= 15 is 0 Å². The zero-order valence-corrected chi connectivity index (χ0v) is 11.7. The van der Waals surface area contributed by atoms with E-state index in [1.807, 2.05) is 7.05 Å². The van der Waals surface area contributed by atoms with Gasteiger partial charge in [-0.2, -0.15) is 0 Å². The molecule has 4 nitrogen and oxygen atoms in total. The maximum atomic E-state index is 5.52. The zero-order valence-electron chi connectivity index (χ0n) is 11.7. The lowest BCUT2D eigenvalue weighted by atomic mass is 10.1. The minimum Gasteiger partial charge on any atom is -0.382 e. The van der Waals surface area contributed by atoms with Crippen LogP contribution < -0.4 is 5.32 Å². The van der Waals surface area contributed by atoms with Crippen LogP contribution in [0.4, 0.5) is 0 Å². The summed E-state index contributed by atoms with van der Waals surface area (Å²) in [7, 11) is 3.66. The van der Waals surface area contributed by atoms with Crippen LogP contribution in [0, 0.1) is 0 Å². The van der Waals surface area contributed by atoms with Crippen LogP contribution in [0.1, 0.15) is 5.56 Å². The summed E-state index contributed by atoms with van der Waals surface area (Å²) in [5.74, 6) is 0. The Hall–Kier alpha value is -1.36. The third-order valence-electron chi connectivity index (χ3n) is 3.18. The van der Waals surface area contributed by atoms with Gasteiger partial charge in [-0.1, -0.05) is 12.1 Å². The Morgan fingerprint density at radius 3 is 2.84 bits per heavy atom. The highest BCUT2D eigenvalue weighted by molar-refractivity contribution is 5.83. The molecule has 104 valence electrons. The van der Waals surface area contributed by atoms with Gasteiger partial charge in [-0.3, -0.25) is 0 Å². The predicted octanol–water partition coefficient (Wildman–Crippen LogP) is 2.02. The van der Waals surface area contributed by atoms with E-state index in [1.165, 1.54) is 16.5 Å². The lowest BCUT2D eigenvalue weighted by molar-refractivity contribution is 0.0670. The van der Waals surface area contributed by atoms with Crippen molar-refractivity contribution < 1.29 is 9.47 Å². The molecule has 0 atom stereocenters. The van der Waals surface area contributed by atoms with Crippen LogP contribution in [0.5, 0.6) is 0 Å². The van der Waals surface area contributed by atoms with Crippen LogP contribution in [0.3, 0.4) is 0 Å². The van der Waals surface area contributed by atoms with E-state index in [-0.39, 0.29) is 0 Å². The molecule has 0 unspecified atom stereocenters. The lowest BCUT2D eigenvalue weighted by Crippen LogP contribution is -2.09. The first-order valence-corrected chi connectivity index (χ1v) is 6.65. The second-order valence-electron chi connectivity index (χ2n) is 4.49. The van der Waals surface area contributed by atoms with E-state index in [0.29, 0.717) is 19.8 Å². The lowest BCUT2D eigenvalue weighted by Gasteiger charge is -2.08. The first-order chi connectivity index (χ1) is 9.36. The highest BCUT2D eigenvalue weighted by Crippen LogP contribution is 2.20. The minimum absolute atomic E-state index is 0.652. The number of nitrogens with zero attached hydrogens (tertiary/aromatic N) is 1. The second-order valence-corrected chi connectivity index (χ2v) is 4.49. The van der Waals surface area contributed by atoms with E-state index in [0.717, 1.165) is 13.1 Å². The van der Waals surface area contributed by atoms with Crippen molar-refractivity contribution in [2.45, 2.75) is 13.1 Å². The van der Waals surface area contributed by atoms with Gasteiger partial charge in [0.1, 0.15) is 0 Å². The van der Waals surface area contributed by atoms with Crippen molar-refractivity contribution in [1.82, 2.24) is 9.88 Å². The number of hydrogen-bond donors (Lipinski definition) is 1. The molecule has 0 bridgehead atoms. The number of benzene rings is 1. The molecule has 0 spiro atoms. The number of ether oxygens (including phenoxy) is 2. The highest BCUT2D eigenvalue weighted by Gasteiger charge is 2.04. The Morgan fingerprint density at radius 1 is 1.16 bits per heavy atom. The number of hydrogen-bond acceptors (Lipinski definition) is 3. The molecular weight excluding hydrogens is 240 g/mol. The summed E-state index contributed by atoms with van der Waals surface area (Å²) in [4.78, 5) is 0. The van der Waals surface area contributed by atoms with Crippen molar-refractivity contribution in [1.29, 1.82) is 0 Å². The fraction of sp³-hybridized carbons (Fsp3) is 0.467. The van der Waals surface area contributed by atoms with Crippen molar-refractivity contribution in [2.24, 2.45) is 0 Å². The van der Waals surface area contributed by atoms with E-state index in [9.17, 15) is 0 Å². The summed E-state index contributed by atoms with van der Waals surface area (Å²) in [6.07, 6.45) is 2.13. The van der Waals surface area contributed by atoms with Crippen molar-refractivity contribution >= 4 is 10.9 Å². The number of fused-ring (bicyclic) bond motifs is 1. The van der Waals surface area contributed by atoms with Gasteiger partial charge in [0.15, 0.2) is 0 Å². The Labute approximate surface area is 114 Å². The average Bonchev–Trinajstić information content (AvgIpc) is 2.83. The molecule has 0 saturated carbocycles. The second kappa shape index (κ2) is 7.28. The highest BCUT2D eigenvalue weighted by atomic mass is 16.5. The topological polar surface area (TPSA) is 35.4 Å². The minimum atomic E-state index is 0.652. The molecule has 0 amide bonds. The van der Waals surface area contributed by atoms with Crippen LogP contribution in [0.25, 0.3) is 10.9 Å². The Balaban J connectivity index is 2.02. The van der Waals surface area contributed by atoms with E-state index in [2.05, 4.69) is 40.3 Å². The van der Waals surface area contributed by atoms with Crippen molar-refractivity contribution in [3.05, 3.63) is 36.0 Å². The van der Waals surface area contributed by atoms with Crippen molar-refractivity contribution in [2.75, 3.05) is 34.0 Å². The summed E-state index contributed by atoms with van der Waals surface area (Å²) >= 11 is 0. The van der Waals surface area contributed by atoms with Crippen LogP contribution in [-0.4, -0.2) is 38.5 Å². The quantitative estimate of drug-likeness (QED) is 0.739. The van der Waals surface area contributed by atoms with Gasteiger partial charge in [-0.05, 0) is 24.7 Å². The third kappa shape index (κ3) is 3.56. The molecule has 0 aliphatic carbocycles. The predicted molar refractivity (Wildman–Crippen MR) is 77.4 cm³/mol. The van der Waals surface area contributed by atoms with Crippen molar-refractivity contribution in [3.63, 3.8) is 0 Å². The molecule has 4 heteroatoms. The maximum Gasteiger partial charge on any atom is 0.0701 e. The van der Waals surface area contributed by atoms with Crippen LogP contribution >= 0.6 is 0 Å². The zero-order chi connectivity index (χ0) is 13.5. The van der Waals surface area contributed by atoms with E-state index < -0.39 is 0 Å². The SMILES string of the molecule is CNCc1cccc2c1ccn2CCOCCOC. The van der Waals surface area contributed by atoms with E-state index in [4.69, 9.17) is 9.47 Å². The molecule has 1 heterocycles. The standard InChI is InChI=1S/C15H22N2O2/c1-16-12-13-4-3-5-15-14(13)6-7-17(15)8-9-19-11-10-18-2/h3-7,16H,8-12H2,1-2H3. The summed E-state index contributed by atoms with van der Waals surface area (Å²) in [5.41, 5.74) is 2.60. The number of aromatic nitrogens is 1. The summed E-state index contributed by atoms with van der Waals surface area (Å²) in [6, 6.07) is 8.61. The summed E-state index contributed by atoms with van der Waals surface area (Å²) in [6.45, 7) is 3.78. The summed E-state index contributed by atoms with van der Waals surface area (Å²) in [5, 5.41) is 4.52. The van der Waals surface area contributed by atoms with Crippen LogP contribution in [0.2, 0.25) is 0 Å². The van der Waals surface area contributed by atoms with Gasteiger partial charge in [0, 0.05) is 37.3 Å². The molecule has 19 heavy (non-hydrogen) atoms. The number of methoxy groups -OCH3 is 1. The molecule has 1 N–H and O–H groups in total. The largest absolute Gasteiger partial charge is 0.382 e. The first kappa shape index (κ1) is 14.1. The monoisotopic (exact) mass is 262 g/mol.